The van der Waals surface area contributed by atoms with E-state index in [-0.39, 0.29) is 5.82 Å². The quantitative estimate of drug-likeness (QED) is 0.581. The average molecular weight is 125 g/mol. The monoisotopic (exact) mass is 125 g/mol. The maximum Gasteiger partial charge on any atom is 0.373 e. The molecule has 1 aromatic rings. The van der Waals surface area contributed by atoms with Gasteiger partial charge in [-0.3, -0.25) is 0 Å². The van der Waals surface area contributed by atoms with Gasteiger partial charge in [-0.15, -0.1) is 0 Å². The molecule has 0 amide bonds. The third-order valence-corrected chi connectivity index (χ3v) is 0.748. The zero-order chi connectivity index (χ0) is 7.40. The lowest BCUT2D eigenvalue weighted by Gasteiger charge is -1.86. The van der Waals surface area contributed by atoms with Crippen molar-refractivity contribution in [3.05, 3.63) is 24.3 Å². The summed E-state index contributed by atoms with van der Waals surface area (Å²) in [7, 11) is 0. The highest BCUT2D eigenvalue weighted by Crippen LogP contribution is 1.84. The number of nitrogens with zero attached hydrogens (tertiary/aromatic N) is 2. The summed E-state index contributed by atoms with van der Waals surface area (Å²) in [6.07, 6.45) is 2.80. The first-order chi connectivity index (χ1) is 4.84. The van der Waals surface area contributed by atoms with Crippen LogP contribution in [0.3, 0.4) is 0 Å². The van der Waals surface area contributed by atoms with Crippen molar-refractivity contribution >= 4 is 5.97 Å². The van der Waals surface area contributed by atoms with E-state index in [0.29, 0.717) is 0 Å². The van der Waals surface area contributed by atoms with Crippen molar-refractivity contribution in [1.82, 2.24) is 9.97 Å². The molecule has 0 saturated carbocycles. The maximum absolute atomic E-state index is 10.5. The smallest absolute Gasteiger partial charge is 0.373 e. The van der Waals surface area contributed by atoms with Gasteiger partial charge in [0.05, 0.1) is 0 Å². The molecule has 9 heavy (non-hydrogen) atoms. The predicted octanol–water partition coefficient (Wildman–Crippen LogP) is 0.175. The second-order valence-corrected chi connectivity index (χ2v) is 1.36. The number of carboxylic acid groups (broad SMARTS) is 1. The van der Waals surface area contributed by atoms with Crippen molar-refractivity contribution in [1.29, 1.82) is 1.43 Å². The zero-order valence-electron chi connectivity index (χ0n) is 5.44. The number of carbonyl (C=O) groups is 1. The van der Waals surface area contributed by atoms with Crippen molar-refractivity contribution in [2.45, 2.75) is 0 Å². The predicted molar refractivity (Wildman–Crippen MR) is 29.0 cm³/mol. The summed E-state index contributed by atoms with van der Waals surface area (Å²) >= 11 is 0. The molecular formula is C5H4N2O2. The van der Waals surface area contributed by atoms with Gasteiger partial charge < -0.3 is 5.11 Å². The van der Waals surface area contributed by atoms with Crippen molar-refractivity contribution in [3.8, 4) is 0 Å². The molecule has 4 heteroatoms. The van der Waals surface area contributed by atoms with Gasteiger partial charge in [-0.2, -0.15) is 0 Å². The summed E-state index contributed by atoms with van der Waals surface area (Å²) in [5.41, 5.74) is 0. The van der Waals surface area contributed by atoms with Crippen LogP contribution in [0.25, 0.3) is 1.43 Å². The van der Waals surface area contributed by atoms with Crippen LogP contribution in [0, 0.1) is 0 Å². The molecule has 0 saturated heterocycles. The van der Waals surface area contributed by atoms with Gasteiger partial charge in [-0.05, 0) is 6.07 Å². The van der Waals surface area contributed by atoms with Crippen molar-refractivity contribution < 1.29 is 9.90 Å². The van der Waals surface area contributed by atoms with Gasteiger partial charge >= 0.3 is 5.97 Å². The number of rotatable bonds is 1. The number of aromatic carboxylic acids is 1. The van der Waals surface area contributed by atoms with E-state index in [1.54, 1.807) is 6.07 Å². The van der Waals surface area contributed by atoms with E-state index >= 15 is 0 Å². The summed E-state index contributed by atoms with van der Waals surface area (Å²) < 4.78 is 6.22. The Hall–Kier alpha value is -1.45. The summed E-state index contributed by atoms with van der Waals surface area (Å²) in [6.45, 7) is 0. The Morgan fingerprint density at radius 2 is 2.33 bits per heavy atom. The molecule has 4 nitrogen and oxygen atoms in total. The third kappa shape index (κ3) is 1.22. The maximum atomic E-state index is 10.5. The molecule has 0 bridgehead atoms. The first-order valence-corrected chi connectivity index (χ1v) is 2.29. The number of hydrogen-bond donors (Lipinski definition) is 1. The van der Waals surface area contributed by atoms with Crippen LogP contribution in [0.5, 0.6) is 0 Å². The first kappa shape index (κ1) is 4.43. The lowest BCUT2D eigenvalue weighted by molar-refractivity contribution is 0.0683. The minimum Gasteiger partial charge on any atom is -0.475 e. The van der Waals surface area contributed by atoms with Crippen LogP contribution in [0.15, 0.2) is 18.5 Å². The second kappa shape index (κ2) is 2.21. The molecule has 46 valence electrons. The van der Waals surface area contributed by atoms with Crippen molar-refractivity contribution in [2.75, 3.05) is 0 Å². The molecule has 0 spiro atoms. The van der Waals surface area contributed by atoms with Gasteiger partial charge in [-0.25, -0.2) is 14.8 Å². The van der Waals surface area contributed by atoms with E-state index in [9.17, 15) is 4.79 Å². The van der Waals surface area contributed by atoms with E-state index in [1.807, 2.05) is 0 Å². The van der Waals surface area contributed by atoms with Crippen LogP contribution in [-0.4, -0.2) is 21.0 Å². The molecule has 0 aliphatic heterocycles. The average Bonchev–Trinajstić information content (AvgIpc) is 2.05. The van der Waals surface area contributed by atoms with Crippen LogP contribution >= 0.6 is 0 Å². The minimum absolute atomic E-state index is 0.0995. The molecule has 1 heterocycles. The fourth-order valence-corrected chi connectivity index (χ4v) is 0.405. The van der Waals surface area contributed by atoms with Crippen LogP contribution < -0.4 is 0 Å². The minimum atomic E-state index is -0.847. The highest BCUT2D eigenvalue weighted by atomic mass is 16.4. The fraction of sp³-hybridized carbons (Fsp3) is 0. The van der Waals surface area contributed by atoms with E-state index in [1.165, 1.54) is 12.4 Å². The molecule has 1 rings (SSSR count). The molecule has 0 aromatic carbocycles. The molecular weight excluding hydrogens is 120 g/mol. The van der Waals surface area contributed by atoms with E-state index < -0.39 is 5.97 Å². The molecule has 1 N–H and O–H groups in total. The summed E-state index contributed by atoms with van der Waals surface area (Å²) in [5.74, 6) is -0.946. The van der Waals surface area contributed by atoms with Gasteiger partial charge in [0.1, 0.15) is 0 Å². The number of aromatic nitrogens is 2. The number of hydrogen-bond acceptors (Lipinski definition) is 4. The Balaban J connectivity index is 2.85. The van der Waals surface area contributed by atoms with E-state index in [0.717, 1.165) is 0 Å². The van der Waals surface area contributed by atoms with Crippen LogP contribution in [0.1, 0.15) is 10.6 Å². The van der Waals surface area contributed by atoms with Crippen molar-refractivity contribution in [2.24, 2.45) is 0 Å². The van der Waals surface area contributed by atoms with Gasteiger partial charge in [-0.1, -0.05) is 0 Å². The Morgan fingerprint density at radius 1 is 1.67 bits per heavy atom. The summed E-state index contributed by atoms with van der Waals surface area (Å²) in [6, 6.07) is 1.57. The normalized spacial score (nSPS) is 10.0. The molecule has 0 fully saturated rings. The SMILES string of the molecule is [2H]OC(=O)c1ncccn1. The lowest BCUT2D eigenvalue weighted by atomic mass is 10.6. The topological polar surface area (TPSA) is 63.1 Å². The highest BCUT2D eigenvalue weighted by molar-refractivity contribution is 5.82. The molecule has 0 unspecified atom stereocenters. The molecule has 0 aliphatic rings. The van der Waals surface area contributed by atoms with Crippen LogP contribution in [0.4, 0.5) is 0 Å². The Morgan fingerprint density at radius 3 is 2.89 bits per heavy atom. The highest BCUT2D eigenvalue weighted by Gasteiger charge is 2.01. The summed E-state index contributed by atoms with van der Waals surface area (Å²) in [5, 5.41) is 3.62. The molecule has 0 aliphatic carbocycles. The lowest BCUT2D eigenvalue weighted by Crippen LogP contribution is -2.01. The molecule has 1 aromatic heterocycles. The van der Waals surface area contributed by atoms with E-state index in [2.05, 4.69) is 15.1 Å². The Labute approximate surface area is 52.7 Å². The standard InChI is InChI=1S/C5H4N2O2/c8-5(9)4-6-2-1-3-7-4/h1-3H,(H,8,9)/i/hD. The Kier molecular flexibility index (Phi) is 1.09. The van der Waals surface area contributed by atoms with Gasteiger partial charge in [0.2, 0.25) is 5.82 Å². The van der Waals surface area contributed by atoms with E-state index in [4.69, 9.17) is 1.43 Å². The van der Waals surface area contributed by atoms with Gasteiger partial charge in [0.15, 0.2) is 0 Å². The second-order valence-electron chi connectivity index (χ2n) is 1.36. The third-order valence-electron chi connectivity index (χ3n) is 0.748. The van der Waals surface area contributed by atoms with Crippen LogP contribution in [-0.2, 0) is 0 Å². The number of carboxylic acids is 1. The van der Waals surface area contributed by atoms with Gasteiger partial charge in [0.25, 0.3) is 1.43 Å². The van der Waals surface area contributed by atoms with Crippen molar-refractivity contribution in [3.63, 3.8) is 0 Å². The zero-order valence-corrected chi connectivity index (χ0v) is 4.44. The fourth-order valence-electron chi connectivity index (χ4n) is 0.405. The van der Waals surface area contributed by atoms with Gasteiger partial charge in [0, 0.05) is 12.4 Å². The molecule has 0 atom stereocenters. The summed E-state index contributed by atoms with van der Waals surface area (Å²) in [4.78, 5) is 17.6. The van der Waals surface area contributed by atoms with Crippen LogP contribution in [0.2, 0.25) is 0 Å². The first-order valence-electron chi connectivity index (χ1n) is 2.70. The molecule has 0 radical (unpaired) electrons. The Bertz CT molecular complexity index is 226. The largest absolute Gasteiger partial charge is 0.475 e.